The molecule has 0 spiro atoms. The van der Waals surface area contributed by atoms with Crippen molar-refractivity contribution >= 4 is 5.69 Å². The summed E-state index contributed by atoms with van der Waals surface area (Å²) < 4.78 is 10.6. The van der Waals surface area contributed by atoms with Gasteiger partial charge in [-0.1, -0.05) is 30.3 Å². The molecule has 0 atom stereocenters. The molecule has 0 fully saturated rings. The van der Waals surface area contributed by atoms with Crippen molar-refractivity contribution in [2.75, 3.05) is 13.7 Å². The zero-order valence-corrected chi connectivity index (χ0v) is 13.0. The fourth-order valence-corrected chi connectivity index (χ4v) is 2.28. The van der Waals surface area contributed by atoms with Gasteiger partial charge >= 0.3 is 5.69 Å². The monoisotopic (exact) mass is 316 g/mol. The Morgan fingerprint density at radius 2 is 2.00 bits per heavy atom. The van der Waals surface area contributed by atoms with Crippen molar-refractivity contribution in [2.45, 2.75) is 19.8 Å². The number of hydrogen-bond acceptors (Lipinski definition) is 5. The molecule has 121 valence electrons. The first kappa shape index (κ1) is 16.6. The number of methoxy groups -OCH3 is 1. The molecule has 0 aliphatic heterocycles. The van der Waals surface area contributed by atoms with Crippen LogP contribution < -0.4 is 9.47 Å². The third-order valence-corrected chi connectivity index (χ3v) is 3.39. The van der Waals surface area contributed by atoms with Crippen LogP contribution >= 0.6 is 0 Å². The lowest BCUT2D eigenvalue weighted by Gasteiger charge is -2.13. The zero-order valence-electron chi connectivity index (χ0n) is 13.0. The summed E-state index contributed by atoms with van der Waals surface area (Å²) in [5.74, 6) is -0.411. The van der Waals surface area contributed by atoms with Gasteiger partial charge in [0.1, 0.15) is 0 Å². The van der Waals surface area contributed by atoms with Crippen molar-refractivity contribution in [3.8, 4) is 17.2 Å². The Labute approximate surface area is 134 Å². The van der Waals surface area contributed by atoms with E-state index in [9.17, 15) is 15.2 Å². The molecule has 1 N–H and O–H groups in total. The minimum absolute atomic E-state index is 0.0436. The fourth-order valence-electron chi connectivity index (χ4n) is 2.28. The predicted molar refractivity (Wildman–Crippen MR) is 85.1 cm³/mol. The van der Waals surface area contributed by atoms with Crippen molar-refractivity contribution in [2.24, 2.45) is 0 Å². The number of aromatic hydroxyl groups is 1. The molecule has 6 nitrogen and oxygen atoms in total. The van der Waals surface area contributed by atoms with Crippen molar-refractivity contribution in [3.63, 3.8) is 0 Å². The molecule has 0 heterocycles. The SMILES string of the molecule is COc1[c]c(C)c([N+](=O)[O-])c(O)c1OCCCc1ccccc1. The number of nitro benzene ring substituents is 1. The van der Waals surface area contributed by atoms with Gasteiger partial charge in [-0.15, -0.1) is 0 Å². The van der Waals surface area contributed by atoms with Crippen molar-refractivity contribution in [1.29, 1.82) is 0 Å². The summed E-state index contributed by atoms with van der Waals surface area (Å²) in [5, 5.41) is 21.1. The van der Waals surface area contributed by atoms with Gasteiger partial charge in [0.25, 0.3) is 0 Å². The van der Waals surface area contributed by atoms with Crippen molar-refractivity contribution in [3.05, 3.63) is 57.6 Å². The number of nitro groups is 1. The molecule has 2 rings (SSSR count). The third kappa shape index (κ3) is 3.91. The van der Waals surface area contributed by atoms with E-state index in [2.05, 4.69) is 6.07 Å². The number of nitrogens with zero attached hydrogens (tertiary/aromatic N) is 1. The van der Waals surface area contributed by atoms with E-state index in [-0.39, 0.29) is 17.1 Å². The molecule has 0 saturated carbocycles. The smallest absolute Gasteiger partial charge is 0.318 e. The Bertz CT molecular complexity index is 685. The molecule has 0 aliphatic carbocycles. The molecule has 0 unspecified atom stereocenters. The first-order valence-corrected chi connectivity index (χ1v) is 7.18. The molecule has 6 heteroatoms. The summed E-state index contributed by atoms with van der Waals surface area (Å²) in [6.07, 6.45) is 1.51. The summed E-state index contributed by atoms with van der Waals surface area (Å²) >= 11 is 0. The van der Waals surface area contributed by atoms with Crippen molar-refractivity contribution in [1.82, 2.24) is 0 Å². The second-order valence-electron chi connectivity index (χ2n) is 5.00. The van der Waals surface area contributed by atoms with Crippen LogP contribution in [0.3, 0.4) is 0 Å². The number of phenolic OH excluding ortho intramolecular Hbond substituents is 1. The van der Waals surface area contributed by atoms with E-state index >= 15 is 0 Å². The van der Waals surface area contributed by atoms with Gasteiger partial charge in [0, 0.05) is 11.6 Å². The molecular weight excluding hydrogens is 298 g/mol. The Kier molecular flexibility index (Phi) is 5.41. The molecule has 1 radical (unpaired) electrons. The second-order valence-corrected chi connectivity index (χ2v) is 5.00. The topological polar surface area (TPSA) is 81.8 Å². The molecule has 23 heavy (non-hydrogen) atoms. The molecule has 0 bridgehead atoms. The van der Waals surface area contributed by atoms with Crippen LogP contribution in [0.1, 0.15) is 17.5 Å². The lowest BCUT2D eigenvalue weighted by molar-refractivity contribution is -0.386. The van der Waals surface area contributed by atoms with Gasteiger partial charge in [-0.05, 0) is 25.3 Å². The largest absolute Gasteiger partial charge is 0.499 e. The van der Waals surface area contributed by atoms with Gasteiger partial charge in [0.15, 0.2) is 5.75 Å². The summed E-state index contributed by atoms with van der Waals surface area (Å²) in [6.45, 7) is 1.78. The van der Waals surface area contributed by atoms with Crippen molar-refractivity contribution < 1.29 is 19.5 Å². The van der Waals surface area contributed by atoms with E-state index < -0.39 is 16.4 Å². The van der Waals surface area contributed by atoms with E-state index in [1.807, 2.05) is 30.3 Å². The first-order valence-electron chi connectivity index (χ1n) is 7.18. The highest BCUT2D eigenvalue weighted by Crippen LogP contribution is 2.44. The minimum atomic E-state index is -0.655. The highest BCUT2D eigenvalue weighted by atomic mass is 16.6. The number of ether oxygens (including phenoxy) is 2. The summed E-state index contributed by atoms with van der Waals surface area (Å²) in [4.78, 5) is 10.4. The summed E-state index contributed by atoms with van der Waals surface area (Å²) in [7, 11) is 1.40. The molecule has 0 aromatic heterocycles. The van der Waals surface area contributed by atoms with Crippen LogP contribution in [0.5, 0.6) is 17.2 Å². The average Bonchev–Trinajstić information content (AvgIpc) is 2.53. The van der Waals surface area contributed by atoms with E-state index in [0.717, 1.165) is 6.42 Å². The lowest BCUT2D eigenvalue weighted by Crippen LogP contribution is -2.03. The Hall–Kier alpha value is -2.76. The molecule has 2 aromatic carbocycles. The molecular formula is C17H18NO5. The van der Waals surface area contributed by atoms with E-state index in [1.165, 1.54) is 19.6 Å². The van der Waals surface area contributed by atoms with E-state index in [0.29, 0.717) is 13.0 Å². The Morgan fingerprint density at radius 1 is 1.30 bits per heavy atom. The Balaban J connectivity index is 2.09. The average molecular weight is 316 g/mol. The quantitative estimate of drug-likeness (QED) is 0.481. The summed E-state index contributed by atoms with van der Waals surface area (Å²) in [6, 6.07) is 12.6. The maximum atomic E-state index is 11.0. The number of hydrogen-bond donors (Lipinski definition) is 1. The van der Waals surface area contributed by atoms with Crippen LogP contribution in [0, 0.1) is 23.1 Å². The second kappa shape index (κ2) is 7.49. The number of phenols is 1. The van der Waals surface area contributed by atoms with Gasteiger partial charge in [0.2, 0.25) is 11.5 Å². The van der Waals surface area contributed by atoms with E-state index in [4.69, 9.17) is 9.47 Å². The normalized spacial score (nSPS) is 10.3. The van der Waals surface area contributed by atoms with Gasteiger partial charge in [-0.25, -0.2) is 0 Å². The predicted octanol–water partition coefficient (Wildman–Crippen LogP) is 3.43. The molecule has 0 amide bonds. The summed E-state index contributed by atoms with van der Waals surface area (Å²) in [5.41, 5.74) is 0.957. The van der Waals surface area contributed by atoms with Gasteiger partial charge in [-0.2, -0.15) is 0 Å². The first-order chi connectivity index (χ1) is 11.0. The van der Waals surface area contributed by atoms with Crippen LogP contribution in [0.15, 0.2) is 30.3 Å². The third-order valence-electron chi connectivity index (χ3n) is 3.39. The van der Waals surface area contributed by atoms with Gasteiger partial charge < -0.3 is 14.6 Å². The minimum Gasteiger partial charge on any atom is -0.499 e. The van der Waals surface area contributed by atoms with Crippen LogP contribution in [-0.4, -0.2) is 23.7 Å². The molecule has 0 aliphatic rings. The standard InChI is InChI=1S/C17H18NO5/c1-12-11-14(22-2)17(16(19)15(12)18(20)21)23-10-6-9-13-7-4-3-5-8-13/h3-5,7-8,19H,6,9-10H2,1-2H3. The molecule has 2 aromatic rings. The van der Waals surface area contributed by atoms with Gasteiger partial charge in [-0.3, -0.25) is 10.1 Å². The highest BCUT2D eigenvalue weighted by Gasteiger charge is 2.26. The number of aryl methyl sites for hydroxylation is 2. The fraction of sp³-hybridized carbons (Fsp3) is 0.294. The zero-order chi connectivity index (χ0) is 16.8. The lowest BCUT2D eigenvalue weighted by atomic mass is 10.1. The highest BCUT2D eigenvalue weighted by molar-refractivity contribution is 5.64. The van der Waals surface area contributed by atoms with Crippen LogP contribution in [0.4, 0.5) is 5.69 Å². The Morgan fingerprint density at radius 3 is 2.61 bits per heavy atom. The maximum absolute atomic E-state index is 11.0. The van der Waals surface area contributed by atoms with Gasteiger partial charge in [0.05, 0.1) is 18.6 Å². The maximum Gasteiger partial charge on any atom is 0.318 e. The number of benzene rings is 2. The van der Waals surface area contributed by atoms with E-state index in [1.54, 1.807) is 0 Å². The number of rotatable bonds is 7. The van der Waals surface area contributed by atoms with Crippen LogP contribution in [-0.2, 0) is 6.42 Å². The molecule has 0 saturated heterocycles. The van der Waals surface area contributed by atoms with Crippen LogP contribution in [0.25, 0.3) is 0 Å². The van der Waals surface area contributed by atoms with Crippen LogP contribution in [0.2, 0.25) is 0 Å².